The van der Waals surface area contributed by atoms with E-state index in [0.29, 0.717) is 29.5 Å². The minimum Gasteiger partial charge on any atom is -0.481 e. The van der Waals surface area contributed by atoms with Crippen LogP contribution in [0.2, 0.25) is 0 Å². The average molecular weight is 330 g/mol. The summed E-state index contributed by atoms with van der Waals surface area (Å²) in [5.74, 6) is 0.934. The molecule has 1 aromatic carbocycles. The average Bonchev–Trinajstić information content (AvgIpc) is 2.62. The molecule has 0 saturated heterocycles. The van der Waals surface area contributed by atoms with Crippen LogP contribution in [0, 0.1) is 0 Å². The van der Waals surface area contributed by atoms with E-state index >= 15 is 0 Å². The van der Waals surface area contributed by atoms with Crippen LogP contribution in [0.3, 0.4) is 0 Å². The Balaban J connectivity index is 2.22. The Morgan fingerprint density at radius 1 is 1.21 bits per heavy atom. The first-order valence-corrected chi connectivity index (χ1v) is 7.22. The van der Waals surface area contributed by atoms with Gasteiger partial charge in [0, 0.05) is 12.0 Å². The lowest BCUT2D eigenvalue weighted by Gasteiger charge is -2.09. The quantitative estimate of drug-likeness (QED) is 0.617. The number of hydrogen-bond acceptors (Lipinski definition) is 7. The van der Waals surface area contributed by atoms with Crippen molar-refractivity contribution in [1.29, 1.82) is 0 Å². The molecule has 1 aromatic heterocycles. The number of carbonyl (C=O) groups excluding carboxylic acids is 1. The van der Waals surface area contributed by atoms with E-state index in [1.165, 1.54) is 20.4 Å². The fraction of sp³-hybridized carbons (Fsp3) is 0.250. The van der Waals surface area contributed by atoms with Crippen molar-refractivity contribution in [2.75, 3.05) is 14.2 Å². The number of para-hydroxylation sites is 1. The van der Waals surface area contributed by atoms with Crippen LogP contribution in [0.15, 0.2) is 35.4 Å². The number of methoxy groups -OCH3 is 2. The number of amides is 1. The third-order valence-electron chi connectivity index (χ3n) is 2.91. The molecule has 8 nitrogen and oxygen atoms in total. The van der Waals surface area contributed by atoms with Crippen LogP contribution >= 0.6 is 0 Å². The molecule has 0 aliphatic carbocycles. The van der Waals surface area contributed by atoms with E-state index in [1.807, 2.05) is 6.07 Å². The van der Waals surface area contributed by atoms with Gasteiger partial charge in [0.1, 0.15) is 5.75 Å². The number of ether oxygens (including phenoxy) is 3. The number of nitrogens with zero attached hydrogens (tertiary/aromatic N) is 3. The van der Waals surface area contributed by atoms with E-state index in [2.05, 4.69) is 20.5 Å². The highest BCUT2D eigenvalue weighted by Crippen LogP contribution is 2.25. The Morgan fingerprint density at radius 3 is 2.50 bits per heavy atom. The van der Waals surface area contributed by atoms with E-state index in [4.69, 9.17) is 14.2 Å². The maximum atomic E-state index is 11.2. The van der Waals surface area contributed by atoms with Gasteiger partial charge in [-0.2, -0.15) is 15.1 Å². The number of nitrogens with one attached hydrogen (secondary N) is 1. The molecular weight excluding hydrogens is 312 g/mol. The zero-order valence-corrected chi connectivity index (χ0v) is 13.6. The molecule has 0 aliphatic heterocycles. The molecule has 0 spiro atoms. The Morgan fingerprint density at radius 2 is 1.88 bits per heavy atom. The number of hydrogen-bond donors (Lipinski definition) is 1. The summed E-state index contributed by atoms with van der Waals surface area (Å²) in [7, 11) is 2.98. The van der Waals surface area contributed by atoms with Crippen molar-refractivity contribution in [3.8, 4) is 23.5 Å². The minimum absolute atomic E-state index is 0.0737. The lowest BCUT2D eigenvalue weighted by Crippen LogP contribution is -2.15. The van der Waals surface area contributed by atoms with Crippen molar-refractivity contribution in [3.63, 3.8) is 0 Å². The summed E-state index contributed by atoms with van der Waals surface area (Å²) in [6.45, 7) is 1.75. The molecule has 126 valence electrons. The van der Waals surface area contributed by atoms with Crippen molar-refractivity contribution in [3.05, 3.63) is 35.9 Å². The summed E-state index contributed by atoms with van der Waals surface area (Å²) in [6.07, 6.45) is 1.84. The largest absolute Gasteiger partial charge is 0.481 e. The second-order valence-corrected chi connectivity index (χ2v) is 4.52. The second-order valence-electron chi connectivity index (χ2n) is 4.52. The normalized spacial score (nSPS) is 10.5. The highest BCUT2D eigenvalue weighted by Gasteiger charge is 2.09. The van der Waals surface area contributed by atoms with Crippen LogP contribution < -0.4 is 19.6 Å². The maximum Gasteiger partial charge on any atom is 0.328 e. The predicted molar refractivity (Wildman–Crippen MR) is 87.7 cm³/mol. The van der Waals surface area contributed by atoms with Gasteiger partial charge in [-0.25, -0.2) is 5.43 Å². The Bertz CT molecular complexity index is 712. The second kappa shape index (κ2) is 8.47. The maximum absolute atomic E-state index is 11.2. The topological polar surface area (TPSA) is 94.9 Å². The van der Waals surface area contributed by atoms with Crippen LogP contribution in [0.1, 0.15) is 18.9 Å². The van der Waals surface area contributed by atoms with E-state index in [0.717, 1.165) is 0 Å². The molecule has 0 radical (unpaired) electrons. The van der Waals surface area contributed by atoms with Gasteiger partial charge >= 0.3 is 6.01 Å². The summed E-state index contributed by atoms with van der Waals surface area (Å²) in [4.78, 5) is 19.4. The molecular formula is C16H18N4O4. The lowest BCUT2D eigenvalue weighted by atomic mass is 10.2. The fourth-order valence-corrected chi connectivity index (χ4v) is 1.67. The summed E-state index contributed by atoms with van der Waals surface area (Å²) >= 11 is 0. The zero-order valence-electron chi connectivity index (χ0n) is 13.6. The summed E-state index contributed by atoms with van der Waals surface area (Å²) in [5.41, 5.74) is 3.06. The molecule has 8 heteroatoms. The third kappa shape index (κ3) is 4.67. The molecule has 0 aliphatic rings. The van der Waals surface area contributed by atoms with Crippen LogP contribution in [0.5, 0.6) is 23.5 Å². The summed E-state index contributed by atoms with van der Waals surface area (Å²) in [5, 5.41) is 3.89. The molecule has 0 atom stereocenters. The first kappa shape index (κ1) is 17.2. The molecule has 0 fully saturated rings. The molecule has 0 saturated carbocycles. The van der Waals surface area contributed by atoms with Crippen LogP contribution in [-0.2, 0) is 4.79 Å². The van der Waals surface area contributed by atoms with Crippen molar-refractivity contribution >= 4 is 12.1 Å². The number of aromatic nitrogens is 2. The summed E-state index contributed by atoms with van der Waals surface area (Å²) < 4.78 is 15.9. The molecule has 2 aromatic rings. The van der Waals surface area contributed by atoms with Crippen molar-refractivity contribution in [2.45, 2.75) is 13.3 Å². The number of hydrazone groups is 1. The molecule has 0 unspecified atom stereocenters. The van der Waals surface area contributed by atoms with Gasteiger partial charge in [-0.3, -0.25) is 4.79 Å². The fourth-order valence-electron chi connectivity index (χ4n) is 1.67. The molecule has 0 bridgehead atoms. The number of rotatable bonds is 7. The predicted octanol–water partition coefficient (Wildman–Crippen LogP) is 2.15. The molecule has 1 heterocycles. The first-order chi connectivity index (χ1) is 11.7. The van der Waals surface area contributed by atoms with E-state index < -0.39 is 0 Å². The number of benzene rings is 1. The molecule has 24 heavy (non-hydrogen) atoms. The molecule has 2 rings (SSSR count). The van der Waals surface area contributed by atoms with Gasteiger partial charge in [0.2, 0.25) is 17.7 Å². The van der Waals surface area contributed by atoms with Crippen molar-refractivity contribution < 1.29 is 19.0 Å². The highest BCUT2D eigenvalue weighted by atomic mass is 16.5. The smallest absolute Gasteiger partial charge is 0.328 e. The summed E-state index contributed by atoms with van der Waals surface area (Å²) in [6, 6.07) is 8.76. The van der Waals surface area contributed by atoms with Crippen molar-refractivity contribution in [1.82, 2.24) is 15.4 Å². The van der Waals surface area contributed by atoms with Gasteiger partial charge < -0.3 is 14.2 Å². The van der Waals surface area contributed by atoms with E-state index in [-0.39, 0.29) is 11.9 Å². The van der Waals surface area contributed by atoms with E-state index in [9.17, 15) is 4.79 Å². The van der Waals surface area contributed by atoms with Gasteiger partial charge in [-0.15, -0.1) is 0 Å². The van der Waals surface area contributed by atoms with Gasteiger partial charge in [0.25, 0.3) is 0 Å². The Kier molecular flexibility index (Phi) is 6.07. The standard InChI is InChI=1S/C16H18N4O4/c1-4-13(21)20-17-10-11-7-5-6-8-12(11)24-16-18-14(22-2)9-15(19-16)23-3/h5-10H,4H2,1-3H3,(H,20,21)/b17-10+. The first-order valence-electron chi connectivity index (χ1n) is 7.22. The number of carbonyl (C=O) groups is 1. The lowest BCUT2D eigenvalue weighted by molar-refractivity contribution is -0.120. The zero-order chi connectivity index (χ0) is 17.4. The monoisotopic (exact) mass is 330 g/mol. The SMILES string of the molecule is CCC(=O)N/N=C/c1ccccc1Oc1nc(OC)cc(OC)n1. The minimum atomic E-state index is -0.175. The highest BCUT2D eigenvalue weighted by molar-refractivity contribution is 5.85. The van der Waals surface area contributed by atoms with Gasteiger partial charge in [0.15, 0.2) is 0 Å². The van der Waals surface area contributed by atoms with Crippen LogP contribution in [0.4, 0.5) is 0 Å². The molecule has 1 amide bonds. The molecule has 1 N–H and O–H groups in total. The Labute approximate surface area is 139 Å². The van der Waals surface area contributed by atoms with Gasteiger partial charge in [-0.1, -0.05) is 19.1 Å². The Hall–Kier alpha value is -3.16. The van der Waals surface area contributed by atoms with Gasteiger partial charge in [-0.05, 0) is 12.1 Å². The van der Waals surface area contributed by atoms with Crippen LogP contribution in [0.25, 0.3) is 0 Å². The third-order valence-corrected chi connectivity index (χ3v) is 2.91. The van der Waals surface area contributed by atoms with Gasteiger partial charge in [0.05, 0.1) is 26.5 Å². The van der Waals surface area contributed by atoms with E-state index in [1.54, 1.807) is 31.2 Å². The van der Waals surface area contributed by atoms with Crippen LogP contribution in [-0.4, -0.2) is 36.3 Å². The van der Waals surface area contributed by atoms with Crippen molar-refractivity contribution in [2.24, 2.45) is 5.10 Å².